The van der Waals surface area contributed by atoms with Crippen LogP contribution in [-0.4, -0.2) is 39.6 Å². The molecule has 0 fully saturated rings. The van der Waals surface area contributed by atoms with E-state index in [-0.39, 0.29) is 16.9 Å². The Kier molecular flexibility index (Phi) is 7.73. The third-order valence-electron chi connectivity index (χ3n) is 6.23. The van der Waals surface area contributed by atoms with Crippen molar-refractivity contribution in [3.8, 4) is 11.1 Å². The molecule has 3 heterocycles. The number of amides is 3. The van der Waals surface area contributed by atoms with Crippen LogP contribution in [-0.2, 0) is 10.3 Å². The Morgan fingerprint density at radius 1 is 1.05 bits per heavy atom. The average Bonchev–Trinajstić information content (AvgIpc) is 3.31. The number of rotatable bonds is 7. The van der Waals surface area contributed by atoms with Crippen molar-refractivity contribution in [2.75, 3.05) is 17.2 Å². The lowest BCUT2D eigenvalue weighted by Gasteiger charge is -2.32. The molecule has 0 unspecified atom stereocenters. The van der Waals surface area contributed by atoms with Crippen LogP contribution in [0.15, 0.2) is 55.1 Å². The van der Waals surface area contributed by atoms with Gasteiger partial charge in [0.25, 0.3) is 0 Å². The highest BCUT2D eigenvalue weighted by atomic mass is 19.4. The second-order valence-corrected chi connectivity index (χ2v) is 9.31. The van der Waals surface area contributed by atoms with Gasteiger partial charge in [0.1, 0.15) is 29.4 Å². The summed E-state index contributed by atoms with van der Waals surface area (Å²) < 4.78 is 65.2. The molecular weight excluding hydrogens is 537 g/mol. The van der Waals surface area contributed by atoms with Crippen molar-refractivity contribution >= 4 is 34.3 Å². The average molecular weight is 562 g/mol. The minimum atomic E-state index is -4.61. The molecule has 0 saturated heterocycles. The van der Waals surface area contributed by atoms with E-state index in [0.717, 1.165) is 12.1 Å². The zero-order chi connectivity index (χ0) is 29.2. The van der Waals surface area contributed by atoms with Gasteiger partial charge in [-0.15, -0.1) is 0 Å². The van der Waals surface area contributed by atoms with Gasteiger partial charge in [-0.1, -0.05) is 13.8 Å². The van der Waals surface area contributed by atoms with Gasteiger partial charge < -0.3 is 26.7 Å². The van der Waals surface area contributed by atoms with Gasteiger partial charge in [0.15, 0.2) is 0 Å². The number of hydrogen-bond donors (Lipinski definition) is 5. The Labute approximate surface area is 224 Å². The van der Waals surface area contributed by atoms with E-state index >= 15 is 0 Å². The summed E-state index contributed by atoms with van der Waals surface area (Å²) in [5.41, 5.74) is 6.22. The van der Waals surface area contributed by atoms with E-state index in [9.17, 15) is 31.5 Å². The molecule has 0 aliphatic carbocycles. The van der Waals surface area contributed by atoms with Crippen molar-refractivity contribution in [3.05, 3.63) is 72.3 Å². The molecule has 0 aliphatic rings. The Morgan fingerprint density at radius 2 is 1.80 bits per heavy atom. The SMILES string of the molecule is CC(C)[C@](N)(C(=O)NCC(F)(F)F)c1cncc(-c2c[nH]c3ncc(NC(=O)Nc4ccc(F)cc4F)cc23)c1. The predicted octanol–water partition coefficient (Wildman–Crippen LogP) is 5.04. The molecule has 14 heteroatoms. The minimum absolute atomic E-state index is 0.192. The minimum Gasteiger partial charge on any atom is -0.346 e. The van der Waals surface area contributed by atoms with Crippen molar-refractivity contribution in [1.82, 2.24) is 20.3 Å². The van der Waals surface area contributed by atoms with Crippen LogP contribution in [0.4, 0.5) is 38.1 Å². The number of benzene rings is 1. The molecule has 6 N–H and O–H groups in total. The summed E-state index contributed by atoms with van der Waals surface area (Å²) in [7, 11) is 0. The number of urea groups is 1. The smallest absolute Gasteiger partial charge is 0.346 e. The fourth-order valence-electron chi connectivity index (χ4n) is 4.05. The first kappa shape index (κ1) is 28.4. The Balaban J connectivity index is 1.62. The predicted molar refractivity (Wildman–Crippen MR) is 138 cm³/mol. The van der Waals surface area contributed by atoms with Gasteiger partial charge in [0.05, 0.1) is 17.6 Å². The molecule has 0 spiro atoms. The third-order valence-corrected chi connectivity index (χ3v) is 6.23. The number of H-pyrrole nitrogens is 1. The quantitative estimate of drug-likeness (QED) is 0.202. The highest BCUT2D eigenvalue weighted by molar-refractivity contribution is 6.02. The number of halogens is 5. The lowest BCUT2D eigenvalue weighted by atomic mass is 9.80. The van der Waals surface area contributed by atoms with E-state index in [4.69, 9.17) is 5.73 Å². The van der Waals surface area contributed by atoms with E-state index in [1.807, 2.05) is 5.32 Å². The van der Waals surface area contributed by atoms with Gasteiger partial charge in [-0.2, -0.15) is 13.2 Å². The first-order valence-corrected chi connectivity index (χ1v) is 11.9. The van der Waals surface area contributed by atoms with E-state index in [1.165, 1.54) is 18.6 Å². The number of nitrogens with zero attached hydrogens (tertiary/aromatic N) is 2. The number of carbonyl (C=O) groups excluding carboxylic acids is 2. The lowest BCUT2D eigenvalue weighted by Crippen LogP contribution is -2.56. The van der Waals surface area contributed by atoms with Crippen molar-refractivity contribution in [1.29, 1.82) is 0 Å². The first-order chi connectivity index (χ1) is 18.8. The number of fused-ring (bicyclic) bond motifs is 1. The molecule has 1 aromatic carbocycles. The number of aromatic amines is 1. The van der Waals surface area contributed by atoms with Crippen LogP contribution in [0.3, 0.4) is 0 Å². The van der Waals surface area contributed by atoms with Gasteiger partial charge in [-0.3, -0.25) is 9.78 Å². The summed E-state index contributed by atoms with van der Waals surface area (Å²) in [6, 6.07) is 5.03. The first-order valence-electron chi connectivity index (χ1n) is 11.9. The lowest BCUT2D eigenvalue weighted by molar-refractivity contribution is -0.143. The standard InChI is InChI=1S/C26H24F5N7O2/c1-13(2)26(32,23(39)36-12-25(29,30)31)15-5-14(8-33-9-15)19-11-35-22-18(19)7-17(10-34-22)37-24(40)38-21-4-3-16(27)6-20(21)28/h3-11,13H,12,32H2,1-2H3,(H,34,35)(H,36,39)(H2,37,38,40)/t26-/m1/s1. The van der Waals surface area contributed by atoms with Crippen LogP contribution in [0.2, 0.25) is 0 Å². The van der Waals surface area contributed by atoms with Gasteiger partial charge in [0, 0.05) is 46.7 Å². The number of alkyl halides is 3. The van der Waals surface area contributed by atoms with E-state index < -0.39 is 47.8 Å². The van der Waals surface area contributed by atoms with Crippen LogP contribution in [0.1, 0.15) is 19.4 Å². The van der Waals surface area contributed by atoms with Crippen LogP contribution in [0.25, 0.3) is 22.2 Å². The Bertz CT molecular complexity index is 1570. The summed E-state index contributed by atoms with van der Waals surface area (Å²) in [6.45, 7) is 1.68. The van der Waals surface area contributed by atoms with Crippen LogP contribution >= 0.6 is 0 Å². The summed E-state index contributed by atoms with van der Waals surface area (Å²) in [4.78, 5) is 36.6. The topological polar surface area (TPSA) is 138 Å². The molecule has 9 nitrogen and oxygen atoms in total. The van der Waals surface area contributed by atoms with Crippen LogP contribution < -0.4 is 21.7 Å². The number of carbonyl (C=O) groups is 2. The number of aromatic nitrogens is 3. The zero-order valence-electron chi connectivity index (χ0n) is 21.2. The summed E-state index contributed by atoms with van der Waals surface area (Å²) in [6.07, 6.45) is 1.14. The van der Waals surface area contributed by atoms with Gasteiger partial charge >= 0.3 is 12.2 Å². The number of anilines is 2. The second kappa shape index (κ2) is 10.9. The third kappa shape index (κ3) is 6.01. The highest BCUT2D eigenvalue weighted by Crippen LogP contribution is 2.33. The number of nitrogens with two attached hydrogens (primary N) is 1. The fraction of sp³-hybridized carbons (Fsp3) is 0.231. The molecule has 1 atom stereocenters. The van der Waals surface area contributed by atoms with Crippen LogP contribution in [0.5, 0.6) is 0 Å². The van der Waals surface area contributed by atoms with Crippen LogP contribution in [0, 0.1) is 17.6 Å². The molecule has 0 radical (unpaired) electrons. The Morgan fingerprint density at radius 3 is 2.48 bits per heavy atom. The van der Waals surface area contributed by atoms with E-state index in [1.54, 1.807) is 32.2 Å². The largest absolute Gasteiger partial charge is 0.405 e. The molecular formula is C26H24F5N7O2. The van der Waals surface area contributed by atoms with Gasteiger partial charge in [-0.05, 0) is 30.2 Å². The van der Waals surface area contributed by atoms with Crippen molar-refractivity contribution < 1.29 is 31.5 Å². The van der Waals surface area contributed by atoms with Gasteiger partial charge in [0.2, 0.25) is 5.91 Å². The zero-order valence-corrected chi connectivity index (χ0v) is 21.2. The summed E-state index contributed by atoms with van der Waals surface area (Å²) in [5.74, 6) is -3.34. The summed E-state index contributed by atoms with van der Waals surface area (Å²) >= 11 is 0. The van der Waals surface area contributed by atoms with Crippen molar-refractivity contribution in [2.45, 2.75) is 25.6 Å². The maximum absolute atomic E-state index is 13.9. The fourth-order valence-corrected chi connectivity index (χ4v) is 4.05. The Hall–Kier alpha value is -4.59. The second-order valence-electron chi connectivity index (χ2n) is 9.31. The molecule has 40 heavy (non-hydrogen) atoms. The molecule has 0 saturated carbocycles. The highest BCUT2D eigenvalue weighted by Gasteiger charge is 2.41. The molecule has 4 aromatic rings. The summed E-state index contributed by atoms with van der Waals surface area (Å²) in [5, 5.41) is 7.18. The van der Waals surface area contributed by atoms with Crippen molar-refractivity contribution in [3.63, 3.8) is 0 Å². The van der Waals surface area contributed by atoms with E-state index in [2.05, 4.69) is 25.6 Å². The maximum atomic E-state index is 13.9. The van der Waals surface area contributed by atoms with Gasteiger partial charge in [-0.25, -0.2) is 18.6 Å². The molecule has 0 bridgehead atoms. The van der Waals surface area contributed by atoms with E-state index in [0.29, 0.717) is 28.2 Å². The molecule has 4 rings (SSSR count). The molecule has 3 amide bonds. The number of hydrogen-bond acceptors (Lipinski definition) is 5. The molecule has 210 valence electrons. The monoisotopic (exact) mass is 561 g/mol. The maximum Gasteiger partial charge on any atom is 0.405 e. The normalized spacial score (nSPS) is 13.2. The number of nitrogens with one attached hydrogen (secondary N) is 4. The van der Waals surface area contributed by atoms with Crippen molar-refractivity contribution in [2.24, 2.45) is 11.7 Å². The molecule has 3 aromatic heterocycles. The molecule has 0 aliphatic heterocycles. The number of pyridine rings is 2.